The van der Waals surface area contributed by atoms with Crippen LogP contribution in [0.3, 0.4) is 0 Å². The molecule has 3 rings (SSSR count). The van der Waals surface area contributed by atoms with Crippen LogP contribution < -0.4 is 5.43 Å². The minimum absolute atomic E-state index is 0.0399. The number of nitriles is 1. The second-order valence-electron chi connectivity index (χ2n) is 6.31. The molecule has 1 aromatic rings. The number of aliphatic hydroxyl groups excluding tert-OH is 1. The van der Waals surface area contributed by atoms with Gasteiger partial charge in [0.2, 0.25) is 5.91 Å². The van der Waals surface area contributed by atoms with Gasteiger partial charge in [0.1, 0.15) is 0 Å². The Hall–Kier alpha value is -2.74. The van der Waals surface area contributed by atoms with Crippen molar-refractivity contribution in [2.45, 2.75) is 26.7 Å². The third-order valence-electron chi connectivity index (χ3n) is 3.88. The Morgan fingerprint density at radius 3 is 2.91 bits per heavy atom. The van der Waals surface area contributed by atoms with E-state index in [0.29, 0.717) is 11.3 Å². The second-order valence-corrected chi connectivity index (χ2v) is 6.31. The number of hydrogen-bond donors (Lipinski definition) is 2. The molecular weight excluding hydrogens is 278 g/mol. The standard InChI is InChI=1S/C17H17N3O2/c1-17(2)8-12-4-3-11(10-18)7-13(12)14(9-17)20-16(22)6-5-15(21)19-20/h3-5,7,9,19,21H,6,8H2,1-2H3. The van der Waals surface area contributed by atoms with Crippen LogP contribution in [-0.4, -0.2) is 16.0 Å². The molecule has 112 valence electrons. The summed E-state index contributed by atoms with van der Waals surface area (Å²) >= 11 is 0. The Balaban J connectivity index is 2.13. The molecule has 0 unspecified atom stereocenters. The third kappa shape index (κ3) is 2.44. The molecule has 0 bridgehead atoms. The van der Waals surface area contributed by atoms with Crippen molar-refractivity contribution >= 4 is 11.6 Å². The molecule has 5 nitrogen and oxygen atoms in total. The second kappa shape index (κ2) is 4.92. The zero-order valence-electron chi connectivity index (χ0n) is 12.6. The molecule has 0 aromatic heterocycles. The largest absolute Gasteiger partial charge is 0.494 e. The van der Waals surface area contributed by atoms with Crippen molar-refractivity contribution in [3.8, 4) is 6.07 Å². The van der Waals surface area contributed by atoms with Crippen LogP contribution in [0.1, 0.15) is 37.0 Å². The Kier molecular flexibility index (Phi) is 3.18. The van der Waals surface area contributed by atoms with E-state index in [4.69, 9.17) is 5.26 Å². The zero-order valence-corrected chi connectivity index (χ0v) is 12.6. The van der Waals surface area contributed by atoms with E-state index in [1.165, 1.54) is 11.1 Å². The van der Waals surface area contributed by atoms with Crippen LogP contribution >= 0.6 is 0 Å². The molecule has 1 heterocycles. The summed E-state index contributed by atoms with van der Waals surface area (Å²) in [5, 5.41) is 20.2. The van der Waals surface area contributed by atoms with Gasteiger partial charge in [0, 0.05) is 5.56 Å². The van der Waals surface area contributed by atoms with Crippen LogP contribution in [0.5, 0.6) is 0 Å². The summed E-state index contributed by atoms with van der Waals surface area (Å²) in [6.45, 7) is 4.19. The van der Waals surface area contributed by atoms with Gasteiger partial charge in [-0.05, 0) is 35.6 Å². The normalized spacial score (nSPS) is 19.5. The number of benzene rings is 1. The van der Waals surface area contributed by atoms with Crippen LogP contribution in [0.25, 0.3) is 5.70 Å². The first-order valence-electron chi connectivity index (χ1n) is 7.15. The number of nitrogens with one attached hydrogen (secondary N) is 1. The molecule has 2 aliphatic rings. The number of hydrazine groups is 1. The highest BCUT2D eigenvalue weighted by Gasteiger charge is 2.32. The number of carbonyl (C=O) groups excluding carboxylic acids is 1. The third-order valence-corrected chi connectivity index (χ3v) is 3.88. The van der Waals surface area contributed by atoms with E-state index in [2.05, 4.69) is 25.3 Å². The molecule has 1 aromatic carbocycles. The number of hydrogen-bond acceptors (Lipinski definition) is 4. The van der Waals surface area contributed by atoms with Crippen molar-refractivity contribution in [3.05, 3.63) is 52.9 Å². The molecule has 0 radical (unpaired) electrons. The van der Waals surface area contributed by atoms with Gasteiger partial charge in [0.05, 0.1) is 23.8 Å². The quantitative estimate of drug-likeness (QED) is 0.835. The molecule has 5 heteroatoms. The van der Waals surface area contributed by atoms with E-state index in [1.807, 2.05) is 12.1 Å². The van der Waals surface area contributed by atoms with Gasteiger partial charge in [-0.15, -0.1) is 0 Å². The average Bonchev–Trinajstić information content (AvgIpc) is 2.47. The summed E-state index contributed by atoms with van der Waals surface area (Å²) < 4.78 is 0. The molecule has 1 amide bonds. The van der Waals surface area contributed by atoms with Gasteiger partial charge in [0.25, 0.3) is 0 Å². The monoisotopic (exact) mass is 295 g/mol. The van der Waals surface area contributed by atoms with Crippen LogP contribution in [-0.2, 0) is 11.2 Å². The highest BCUT2D eigenvalue weighted by molar-refractivity contribution is 5.89. The van der Waals surface area contributed by atoms with Gasteiger partial charge < -0.3 is 5.11 Å². The fourth-order valence-electron chi connectivity index (χ4n) is 2.91. The number of fused-ring (bicyclic) bond motifs is 1. The van der Waals surface area contributed by atoms with E-state index >= 15 is 0 Å². The van der Waals surface area contributed by atoms with Crippen molar-refractivity contribution in [2.75, 3.05) is 0 Å². The number of rotatable bonds is 1. The lowest BCUT2D eigenvalue weighted by Crippen LogP contribution is -2.44. The van der Waals surface area contributed by atoms with E-state index in [9.17, 15) is 9.90 Å². The molecule has 0 atom stereocenters. The first-order valence-corrected chi connectivity index (χ1v) is 7.15. The van der Waals surface area contributed by atoms with E-state index in [-0.39, 0.29) is 23.6 Å². The van der Waals surface area contributed by atoms with Crippen molar-refractivity contribution in [1.82, 2.24) is 10.4 Å². The Bertz CT molecular complexity index is 754. The molecule has 0 fully saturated rings. The average molecular weight is 295 g/mol. The maximum Gasteiger partial charge on any atom is 0.249 e. The lowest BCUT2D eigenvalue weighted by molar-refractivity contribution is -0.130. The van der Waals surface area contributed by atoms with E-state index in [0.717, 1.165) is 17.5 Å². The lowest BCUT2D eigenvalue weighted by Gasteiger charge is -2.36. The summed E-state index contributed by atoms with van der Waals surface area (Å²) in [4.78, 5) is 12.2. The zero-order chi connectivity index (χ0) is 15.9. The fourth-order valence-corrected chi connectivity index (χ4v) is 2.91. The Morgan fingerprint density at radius 1 is 1.41 bits per heavy atom. The molecule has 1 aliphatic carbocycles. The van der Waals surface area contributed by atoms with Crippen LogP contribution in [0.2, 0.25) is 0 Å². The Morgan fingerprint density at radius 2 is 2.18 bits per heavy atom. The summed E-state index contributed by atoms with van der Waals surface area (Å²) in [6.07, 6.45) is 4.44. The van der Waals surface area contributed by atoms with Gasteiger partial charge in [-0.2, -0.15) is 5.26 Å². The molecule has 2 N–H and O–H groups in total. The maximum absolute atomic E-state index is 12.2. The first kappa shape index (κ1) is 14.2. The molecule has 0 saturated heterocycles. The van der Waals surface area contributed by atoms with Crippen molar-refractivity contribution in [1.29, 1.82) is 5.26 Å². The lowest BCUT2D eigenvalue weighted by atomic mass is 9.77. The summed E-state index contributed by atoms with van der Waals surface area (Å²) in [6, 6.07) is 7.65. The highest BCUT2D eigenvalue weighted by Crippen LogP contribution is 2.38. The molecular formula is C17H17N3O2. The molecule has 22 heavy (non-hydrogen) atoms. The van der Waals surface area contributed by atoms with Crippen molar-refractivity contribution in [2.24, 2.45) is 5.41 Å². The van der Waals surface area contributed by atoms with Gasteiger partial charge in [0.15, 0.2) is 5.88 Å². The summed E-state index contributed by atoms with van der Waals surface area (Å²) in [5.74, 6) is -0.183. The van der Waals surface area contributed by atoms with Crippen molar-refractivity contribution in [3.63, 3.8) is 0 Å². The first-order chi connectivity index (χ1) is 10.4. The van der Waals surface area contributed by atoms with Crippen molar-refractivity contribution < 1.29 is 9.90 Å². The topological polar surface area (TPSA) is 76.4 Å². The number of nitrogens with zero attached hydrogens (tertiary/aromatic N) is 2. The smallest absolute Gasteiger partial charge is 0.249 e. The van der Waals surface area contributed by atoms with Gasteiger partial charge in [-0.25, -0.2) is 5.01 Å². The fraction of sp³-hybridized carbons (Fsp3) is 0.294. The maximum atomic E-state index is 12.2. The number of allylic oxidation sites excluding steroid dienone is 1. The number of carbonyl (C=O) groups is 1. The molecule has 0 spiro atoms. The number of aliphatic hydroxyl groups is 1. The van der Waals surface area contributed by atoms with Gasteiger partial charge >= 0.3 is 0 Å². The van der Waals surface area contributed by atoms with Gasteiger partial charge in [-0.3, -0.25) is 10.2 Å². The van der Waals surface area contributed by atoms with E-state index < -0.39 is 0 Å². The number of amides is 1. The molecule has 0 saturated carbocycles. The minimum Gasteiger partial charge on any atom is -0.494 e. The Labute approximate surface area is 129 Å². The van der Waals surface area contributed by atoms with E-state index in [1.54, 1.807) is 12.1 Å². The van der Waals surface area contributed by atoms with Crippen LogP contribution in [0, 0.1) is 16.7 Å². The van der Waals surface area contributed by atoms with Crippen LogP contribution in [0.15, 0.2) is 36.2 Å². The molecule has 1 aliphatic heterocycles. The summed E-state index contributed by atoms with van der Waals surface area (Å²) in [5.41, 5.74) is 5.77. The SMILES string of the molecule is CC1(C)C=C(N2NC(O)=CCC2=O)c2cc(C#N)ccc2C1. The predicted octanol–water partition coefficient (Wildman–Crippen LogP) is 2.62. The van der Waals surface area contributed by atoms with Crippen LogP contribution in [0.4, 0.5) is 0 Å². The minimum atomic E-state index is -0.143. The highest BCUT2D eigenvalue weighted by atomic mass is 16.3. The predicted molar refractivity (Wildman–Crippen MR) is 81.9 cm³/mol. The van der Waals surface area contributed by atoms with Gasteiger partial charge in [-0.1, -0.05) is 26.0 Å². The summed E-state index contributed by atoms with van der Waals surface area (Å²) in [7, 11) is 0.